The molecular weight excluding hydrogens is 340 g/mol. The van der Waals surface area contributed by atoms with Crippen LogP contribution in [-0.4, -0.2) is 23.1 Å². The second-order valence-corrected chi connectivity index (χ2v) is 6.35. The Morgan fingerprint density at radius 1 is 1.08 bits per heavy atom. The fraction of sp³-hybridized carbons (Fsp3) is 0.150. The van der Waals surface area contributed by atoms with Crippen molar-refractivity contribution >= 4 is 34.7 Å². The van der Waals surface area contributed by atoms with Crippen LogP contribution in [0.2, 0.25) is 5.02 Å². The second-order valence-electron chi connectivity index (χ2n) is 5.92. The Hall–Kier alpha value is -2.72. The van der Waals surface area contributed by atoms with Crippen molar-refractivity contribution in [2.24, 2.45) is 0 Å². The van der Waals surface area contributed by atoms with Gasteiger partial charge in [-0.25, -0.2) is 0 Å². The van der Waals surface area contributed by atoms with Gasteiger partial charge in [-0.2, -0.15) is 0 Å². The molecule has 0 radical (unpaired) electrons. The molecule has 0 aliphatic heterocycles. The summed E-state index contributed by atoms with van der Waals surface area (Å²) in [5.41, 5.74) is -0.233. The number of carbonyl (C=O) groups is 3. The maximum atomic E-state index is 12.9. The van der Waals surface area contributed by atoms with Crippen molar-refractivity contribution in [3.8, 4) is 0 Å². The smallest absolute Gasteiger partial charge is 0.304 e. The van der Waals surface area contributed by atoms with Crippen LogP contribution in [0.4, 0.5) is 0 Å². The summed E-state index contributed by atoms with van der Waals surface area (Å²) in [6, 6.07) is 13.4. The first-order valence-electron chi connectivity index (χ1n) is 7.67. The topological polar surface area (TPSA) is 60.4 Å². The highest BCUT2D eigenvalue weighted by Crippen LogP contribution is 2.39. The minimum atomic E-state index is -1.91. The minimum Gasteiger partial charge on any atom is -0.442 e. The Kier molecular flexibility index (Phi) is 4.31. The summed E-state index contributed by atoms with van der Waals surface area (Å²) in [5.74, 6) is -1.74. The van der Waals surface area contributed by atoms with Gasteiger partial charge in [-0.1, -0.05) is 54.6 Å². The third-order valence-electron chi connectivity index (χ3n) is 4.16. The van der Waals surface area contributed by atoms with E-state index in [1.165, 1.54) is 6.92 Å². The Bertz CT molecular complexity index is 878. The Morgan fingerprint density at radius 2 is 1.68 bits per heavy atom. The quantitative estimate of drug-likeness (QED) is 0.612. The summed E-state index contributed by atoms with van der Waals surface area (Å²) < 4.78 is 5.30. The molecule has 0 bridgehead atoms. The van der Waals surface area contributed by atoms with Crippen LogP contribution in [0, 0.1) is 0 Å². The number of hydrogen-bond donors (Lipinski definition) is 0. The van der Waals surface area contributed by atoms with Gasteiger partial charge in [0.25, 0.3) is 0 Å². The van der Waals surface area contributed by atoms with E-state index < -0.39 is 23.1 Å². The molecule has 0 N–H and O–H groups in total. The van der Waals surface area contributed by atoms with Crippen molar-refractivity contribution in [1.82, 2.24) is 0 Å². The number of Topliss-reactive ketones (excluding diaryl/α,β-unsaturated/α-hetero) is 2. The van der Waals surface area contributed by atoms with Crippen LogP contribution in [0.15, 0.2) is 55.1 Å². The number of hydrogen-bond acceptors (Lipinski definition) is 4. The molecule has 0 saturated heterocycles. The Labute approximate surface area is 150 Å². The van der Waals surface area contributed by atoms with Crippen LogP contribution in [0.1, 0.15) is 39.6 Å². The molecule has 4 nitrogen and oxygen atoms in total. The van der Waals surface area contributed by atoms with Crippen molar-refractivity contribution < 1.29 is 19.1 Å². The zero-order valence-electron chi connectivity index (χ0n) is 13.5. The second kappa shape index (κ2) is 6.30. The van der Waals surface area contributed by atoms with Crippen LogP contribution in [0.25, 0.3) is 5.57 Å². The van der Waals surface area contributed by atoms with E-state index in [-0.39, 0.29) is 17.5 Å². The molecule has 3 rings (SSSR count). The molecule has 0 heterocycles. The summed E-state index contributed by atoms with van der Waals surface area (Å²) >= 11 is 5.99. The Morgan fingerprint density at radius 3 is 2.20 bits per heavy atom. The first-order valence-corrected chi connectivity index (χ1v) is 8.05. The van der Waals surface area contributed by atoms with E-state index in [1.807, 2.05) is 0 Å². The van der Waals surface area contributed by atoms with Gasteiger partial charge in [-0.05, 0) is 23.3 Å². The molecule has 0 atom stereocenters. The average Bonchev–Trinajstić information content (AvgIpc) is 2.77. The summed E-state index contributed by atoms with van der Waals surface area (Å²) in [4.78, 5) is 37.5. The normalized spacial score (nSPS) is 15.0. The van der Waals surface area contributed by atoms with Gasteiger partial charge in [0.15, 0.2) is 0 Å². The molecular formula is C20H15ClO4. The van der Waals surface area contributed by atoms with Gasteiger partial charge in [-0.3, -0.25) is 14.4 Å². The van der Waals surface area contributed by atoms with E-state index in [0.717, 1.165) is 0 Å². The first-order chi connectivity index (χ1) is 11.8. The van der Waals surface area contributed by atoms with Crippen molar-refractivity contribution in [3.05, 3.63) is 76.8 Å². The zero-order chi connectivity index (χ0) is 18.2. The van der Waals surface area contributed by atoms with E-state index in [0.29, 0.717) is 16.2 Å². The molecule has 1 aliphatic rings. The number of fused-ring (bicyclic) bond motifs is 1. The summed E-state index contributed by atoms with van der Waals surface area (Å²) in [6.07, 6.45) is -0.126. The fourth-order valence-electron chi connectivity index (χ4n) is 3.06. The molecule has 0 fully saturated rings. The summed E-state index contributed by atoms with van der Waals surface area (Å²) in [5, 5.41) is 0.507. The highest BCUT2D eigenvalue weighted by Gasteiger charge is 2.56. The maximum absolute atomic E-state index is 12.9. The van der Waals surface area contributed by atoms with Crippen LogP contribution in [0.5, 0.6) is 0 Å². The summed E-state index contributed by atoms with van der Waals surface area (Å²) in [6.45, 7) is 5.13. The lowest BCUT2D eigenvalue weighted by atomic mass is 9.87. The number of rotatable bonds is 4. The lowest BCUT2D eigenvalue weighted by Gasteiger charge is -2.26. The fourth-order valence-corrected chi connectivity index (χ4v) is 3.25. The number of ether oxygens (including phenoxy) is 1. The number of esters is 1. The molecule has 0 saturated carbocycles. The minimum absolute atomic E-state index is 0.126. The first kappa shape index (κ1) is 17.1. The molecule has 1 aliphatic carbocycles. The van der Waals surface area contributed by atoms with Crippen molar-refractivity contribution in [2.45, 2.75) is 18.9 Å². The molecule has 2 aromatic rings. The number of benzene rings is 2. The van der Waals surface area contributed by atoms with E-state index in [9.17, 15) is 14.4 Å². The van der Waals surface area contributed by atoms with Crippen LogP contribution in [-0.2, 0) is 9.53 Å². The van der Waals surface area contributed by atoms with Crippen LogP contribution >= 0.6 is 11.6 Å². The van der Waals surface area contributed by atoms with Gasteiger partial charge in [-0.15, -0.1) is 0 Å². The third kappa shape index (κ3) is 2.89. The molecule has 5 heteroatoms. The highest BCUT2D eigenvalue weighted by molar-refractivity contribution is 6.33. The van der Waals surface area contributed by atoms with Crippen LogP contribution in [0.3, 0.4) is 0 Å². The highest BCUT2D eigenvalue weighted by atomic mass is 35.5. The van der Waals surface area contributed by atoms with E-state index in [1.54, 1.807) is 48.5 Å². The van der Waals surface area contributed by atoms with E-state index in [2.05, 4.69) is 6.58 Å². The van der Waals surface area contributed by atoms with E-state index >= 15 is 0 Å². The third-order valence-corrected chi connectivity index (χ3v) is 4.40. The summed E-state index contributed by atoms with van der Waals surface area (Å²) in [7, 11) is 0. The van der Waals surface area contributed by atoms with Crippen LogP contribution < -0.4 is 0 Å². The largest absolute Gasteiger partial charge is 0.442 e. The predicted molar refractivity (Wildman–Crippen MR) is 94.7 cm³/mol. The number of carbonyl (C=O) groups excluding carboxylic acids is 3. The molecule has 0 amide bonds. The molecule has 0 unspecified atom stereocenters. The van der Waals surface area contributed by atoms with Gasteiger partial charge in [0.1, 0.15) is 0 Å². The van der Waals surface area contributed by atoms with Crippen molar-refractivity contribution in [3.63, 3.8) is 0 Å². The van der Waals surface area contributed by atoms with Gasteiger partial charge in [0.2, 0.25) is 17.2 Å². The standard InChI is InChI=1S/C20H15ClO4/c1-12(14-6-5-7-15(21)10-14)11-20(25-13(2)22)18(23)16-8-3-4-9-17(16)19(20)24/h3-10H,1,11H2,2H3. The van der Waals surface area contributed by atoms with Gasteiger partial charge in [0, 0.05) is 29.5 Å². The molecule has 0 spiro atoms. The van der Waals surface area contributed by atoms with Crippen molar-refractivity contribution in [1.29, 1.82) is 0 Å². The van der Waals surface area contributed by atoms with Crippen molar-refractivity contribution in [2.75, 3.05) is 0 Å². The predicted octanol–water partition coefficient (Wildman–Crippen LogP) is 4.12. The molecule has 126 valence electrons. The molecule has 0 aromatic heterocycles. The SMILES string of the molecule is C=C(CC1(OC(C)=O)C(=O)c2ccccc2C1=O)c1cccc(Cl)c1. The zero-order valence-corrected chi connectivity index (χ0v) is 14.3. The maximum Gasteiger partial charge on any atom is 0.304 e. The van der Waals surface area contributed by atoms with Gasteiger partial charge >= 0.3 is 5.97 Å². The number of ketones is 2. The van der Waals surface area contributed by atoms with E-state index in [4.69, 9.17) is 16.3 Å². The molecule has 25 heavy (non-hydrogen) atoms. The van der Waals surface area contributed by atoms with Gasteiger partial charge in [0.05, 0.1) is 0 Å². The Balaban J connectivity index is 2.04. The monoisotopic (exact) mass is 354 g/mol. The lowest BCUT2D eigenvalue weighted by molar-refractivity contribution is -0.148. The lowest BCUT2D eigenvalue weighted by Crippen LogP contribution is -2.45. The van der Waals surface area contributed by atoms with Gasteiger partial charge < -0.3 is 4.74 Å². The molecule has 2 aromatic carbocycles. The number of halogens is 1. The average molecular weight is 355 g/mol.